The van der Waals surface area contributed by atoms with Gasteiger partial charge >= 0.3 is 12.1 Å². The fourth-order valence-corrected chi connectivity index (χ4v) is 7.85. The molecule has 0 radical (unpaired) electrons. The van der Waals surface area contributed by atoms with Crippen molar-refractivity contribution in [2.75, 3.05) is 49.7 Å². The van der Waals surface area contributed by atoms with Crippen LogP contribution in [-0.2, 0) is 32.5 Å². The Balaban J connectivity index is 1.28. The number of benzene rings is 3. The summed E-state index contributed by atoms with van der Waals surface area (Å²) in [6, 6.07) is 18.5. The molecule has 0 unspecified atom stereocenters. The summed E-state index contributed by atoms with van der Waals surface area (Å²) in [6.45, 7) is 2.66. The number of H-pyrrole nitrogens is 1. The number of halogens is 2. The predicted molar refractivity (Wildman–Crippen MR) is 201 cm³/mol. The highest BCUT2D eigenvalue weighted by Gasteiger charge is 2.37. The van der Waals surface area contributed by atoms with Gasteiger partial charge in [-0.1, -0.05) is 47.5 Å². The zero-order valence-corrected chi connectivity index (χ0v) is 31.8. The van der Waals surface area contributed by atoms with Crippen LogP contribution < -0.4 is 24.1 Å². The van der Waals surface area contributed by atoms with Crippen molar-refractivity contribution < 1.29 is 41.9 Å². The van der Waals surface area contributed by atoms with Gasteiger partial charge in [-0.3, -0.25) is 14.5 Å². The first kappa shape index (κ1) is 38.2. The van der Waals surface area contributed by atoms with Gasteiger partial charge in [-0.15, -0.1) is 0 Å². The molecule has 3 aliphatic rings. The van der Waals surface area contributed by atoms with E-state index in [2.05, 4.69) is 14.6 Å². The van der Waals surface area contributed by atoms with Crippen LogP contribution >= 0.6 is 23.2 Å². The second-order valence-corrected chi connectivity index (χ2v) is 15.7. The van der Waals surface area contributed by atoms with Crippen molar-refractivity contribution in [1.29, 1.82) is 0 Å². The van der Waals surface area contributed by atoms with Crippen molar-refractivity contribution in [2.45, 2.75) is 38.0 Å². The Kier molecular flexibility index (Phi) is 12.0. The summed E-state index contributed by atoms with van der Waals surface area (Å²) >= 11 is 13.0. The van der Waals surface area contributed by atoms with E-state index in [-0.39, 0.29) is 30.6 Å². The Hall–Kier alpha value is -4.56. The van der Waals surface area contributed by atoms with Crippen molar-refractivity contribution in [2.24, 2.45) is 5.92 Å². The van der Waals surface area contributed by atoms with Crippen LogP contribution in [0.2, 0.25) is 10.0 Å². The second kappa shape index (κ2) is 16.6. The van der Waals surface area contributed by atoms with Crippen LogP contribution in [0.25, 0.3) is 0 Å². The van der Waals surface area contributed by atoms with E-state index in [1.165, 1.54) is 19.1 Å². The molecule has 0 aliphatic carbocycles. The molecule has 2 bridgehead atoms. The van der Waals surface area contributed by atoms with Crippen molar-refractivity contribution in [1.82, 2.24) is 4.90 Å². The monoisotopic (exact) mass is 783 g/mol. The van der Waals surface area contributed by atoms with Crippen LogP contribution in [0.5, 0.6) is 11.5 Å². The molecule has 2 N–H and O–H groups in total. The highest BCUT2D eigenvalue weighted by Crippen LogP contribution is 2.36. The van der Waals surface area contributed by atoms with E-state index in [1.54, 1.807) is 79.1 Å². The third kappa shape index (κ3) is 9.52. The maximum Gasteiger partial charge on any atom is 0.414 e. The first-order valence-corrected chi connectivity index (χ1v) is 19.7. The van der Waals surface area contributed by atoms with Gasteiger partial charge in [0, 0.05) is 24.2 Å². The number of carbonyl (C=O) groups excluding carboxylic acids is 2. The first-order chi connectivity index (χ1) is 25.4. The number of fused-ring (bicyclic) bond motifs is 3. The normalized spacial score (nSPS) is 18.5. The van der Waals surface area contributed by atoms with Gasteiger partial charge in [0.25, 0.3) is 0 Å². The smallest absolute Gasteiger partial charge is 0.414 e. The van der Waals surface area contributed by atoms with E-state index in [1.807, 2.05) is 0 Å². The highest BCUT2D eigenvalue weighted by molar-refractivity contribution is 7.92. The summed E-state index contributed by atoms with van der Waals surface area (Å²) < 4.78 is 49.7. The van der Waals surface area contributed by atoms with E-state index < -0.39 is 28.2 Å². The van der Waals surface area contributed by atoms with Gasteiger partial charge in [0.2, 0.25) is 10.0 Å². The number of hydrogen-bond acceptors (Lipinski definition) is 9. The molecule has 0 spiro atoms. The van der Waals surface area contributed by atoms with Crippen LogP contribution in [0.15, 0.2) is 79.1 Å². The average Bonchev–Trinajstić information content (AvgIpc) is 3.14. The summed E-state index contributed by atoms with van der Waals surface area (Å²) in [7, 11) is -0.527. The molecule has 3 saturated heterocycles. The molecule has 7 rings (SSSR count). The molecule has 15 heteroatoms. The zero-order chi connectivity index (χ0) is 37.7. The molecule has 3 fully saturated rings. The molecule has 3 aromatic carbocycles. The third-order valence-electron chi connectivity index (χ3n) is 9.45. The number of ether oxygens (including phenoxy) is 4. The highest BCUT2D eigenvalue weighted by atomic mass is 35.5. The number of esters is 1. The van der Waals surface area contributed by atoms with Gasteiger partial charge in [0.05, 0.1) is 38.3 Å². The number of amides is 1. The molecule has 3 aliphatic heterocycles. The van der Waals surface area contributed by atoms with Gasteiger partial charge in [-0.25, -0.2) is 23.0 Å². The van der Waals surface area contributed by atoms with Gasteiger partial charge in [0.1, 0.15) is 22.3 Å². The number of rotatable bonds is 13. The van der Waals surface area contributed by atoms with Crippen molar-refractivity contribution in [3.8, 4) is 11.5 Å². The Morgan fingerprint density at radius 3 is 2.34 bits per heavy atom. The number of nitrogens with zero attached hydrogens (tertiary/aromatic N) is 2. The molecular formula is C38H41Cl2N4O8S+. The van der Waals surface area contributed by atoms with Crippen molar-refractivity contribution in [3.05, 3.63) is 111 Å². The summed E-state index contributed by atoms with van der Waals surface area (Å²) in [5.74, 6) is 0.614. The Morgan fingerprint density at radius 2 is 1.68 bits per heavy atom. The summed E-state index contributed by atoms with van der Waals surface area (Å²) in [6.07, 6.45) is 4.66. The number of nitrogens with one attached hydrogen (secondary N) is 2. The number of anilines is 2. The maximum atomic E-state index is 13.9. The summed E-state index contributed by atoms with van der Waals surface area (Å²) in [4.78, 5) is 34.5. The maximum absolute atomic E-state index is 13.9. The number of aromatic amines is 1. The number of pyridine rings is 1. The third-order valence-corrected chi connectivity index (χ3v) is 10.7. The molecule has 12 nitrogen and oxygen atoms in total. The number of piperidine rings is 3. The van der Waals surface area contributed by atoms with Gasteiger partial charge in [-0.05, 0) is 85.4 Å². The Morgan fingerprint density at radius 1 is 0.962 bits per heavy atom. The van der Waals surface area contributed by atoms with Crippen LogP contribution in [0.4, 0.5) is 16.2 Å². The molecular weight excluding hydrogens is 743 g/mol. The molecule has 53 heavy (non-hydrogen) atoms. The van der Waals surface area contributed by atoms with E-state index in [9.17, 15) is 18.0 Å². The topological polar surface area (TPSA) is 138 Å². The Bertz CT molecular complexity index is 2060. The largest absolute Gasteiger partial charge is 0.493 e. The van der Waals surface area contributed by atoms with E-state index in [0.29, 0.717) is 56.2 Å². The van der Waals surface area contributed by atoms with Gasteiger partial charge < -0.3 is 18.9 Å². The minimum atomic E-state index is -3.58. The van der Waals surface area contributed by atoms with Crippen LogP contribution in [-0.4, -0.2) is 71.6 Å². The fourth-order valence-electron chi connectivity index (χ4n) is 6.76. The average molecular weight is 785 g/mol. The SMILES string of the molecule is COc1ccc([C@H](Cc2c(Cl)c[nH+]cc2Cl)OC(=O)c2cccc(CN(C(=O)O[C@H]3CN4CCC3CC4)c3cccc(NS(C)(=O)=O)c3)c2)cc1OC. The van der Waals surface area contributed by atoms with Crippen LogP contribution in [0, 0.1) is 5.92 Å². The lowest BCUT2D eigenvalue weighted by Crippen LogP contribution is -2.53. The molecule has 4 heterocycles. The number of carbonyl (C=O) groups is 2. The minimum absolute atomic E-state index is 0.0220. The predicted octanol–water partition coefficient (Wildman–Crippen LogP) is 6.57. The van der Waals surface area contributed by atoms with E-state index >= 15 is 0 Å². The first-order valence-electron chi connectivity index (χ1n) is 17.0. The second-order valence-electron chi connectivity index (χ2n) is 13.1. The molecule has 0 saturated carbocycles. The van der Waals surface area contributed by atoms with Crippen LogP contribution in [0.3, 0.4) is 0 Å². The lowest BCUT2D eigenvalue weighted by atomic mass is 9.86. The van der Waals surface area contributed by atoms with Crippen molar-refractivity contribution >= 4 is 56.7 Å². The quantitative estimate of drug-likeness (QED) is 0.149. The molecule has 280 valence electrons. The number of methoxy groups -OCH3 is 2. The zero-order valence-electron chi connectivity index (χ0n) is 29.5. The van der Waals surface area contributed by atoms with Gasteiger partial charge in [0.15, 0.2) is 23.9 Å². The molecule has 1 aromatic heterocycles. The molecule has 1 amide bonds. The summed E-state index contributed by atoms with van der Waals surface area (Å²) in [5, 5.41) is 0.754. The fraction of sp³-hybridized carbons (Fsp3) is 0.342. The van der Waals surface area contributed by atoms with Crippen molar-refractivity contribution in [3.63, 3.8) is 0 Å². The molecule has 2 atom stereocenters. The standard InChI is InChI=1S/C38H40Cl2N4O8S/c1-49-33-11-10-26(17-35(33)50-2)34(19-30-31(39)20-41-21-32(30)40)51-37(45)27-7-4-6-24(16-27)22-44(29-9-5-8-28(18-29)42-53(3,47)48)38(46)52-36-23-43-14-12-25(36)13-15-43/h4-11,16-18,20-21,25,34,36,42H,12-15,19,22-23H2,1-3H3/p+1/t34-,36-/m0/s1. The lowest BCUT2D eigenvalue weighted by molar-refractivity contribution is -0.377. The van der Waals surface area contributed by atoms with E-state index in [0.717, 1.165) is 32.2 Å². The molecule has 4 aromatic rings. The number of hydrogen-bond donors (Lipinski definition) is 1. The number of sulfonamides is 1. The number of aromatic nitrogens is 1. The Labute approximate surface area is 318 Å². The summed E-state index contributed by atoms with van der Waals surface area (Å²) in [5.41, 5.74) is 2.76. The van der Waals surface area contributed by atoms with Gasteiger partial charge in [-0.2, -0.15) is 0 Å². The van der Waals surface area contributed by atoms with E-state index in [4.69, 9.17) is 42.1 Å². The van der Waals surface area contributed by atoms with Crippen LogP contribution in [0.1, 0.15) is 46.0 Å². The minimum Gasteiger partial charge on any atom is -0.493 e. The lowest BCUT2D eigenvalue weighted by Gasteiger charge is -2.44.